The summed E-state index contributed by atoms with van der Waals surface area (Å²) >= 11 is 0. The second-order valence-electron chi connectivity index (χ2n) is 5.52. The molecule has 2 atom stereocenters. The van der Waals surface area contributed by atoms with Crippen LogP contribution in [-0.4, -0.2) is 26.2 Å². The number of hydrogen-bond acceptors (Lipinski definition) is 2. The van der Waals surface area contributed by atoms with E-state index in [0.717, 1.165) is 18.5 Å². The van der Waals surface area contributed by atoms with Gasteiger partial charge in [0, 0.05) is 25.3 Å². The van der Waals surface area contributed by atoms with Crippen LogP contribution in [-0.2, 0) is 0 Å². The van der Waals surface area contributed by atoms with Gasteiger partial charge in [-0.3, -0.25) is 0 Å². The van der Waals surface area contributed by atoms with Crippen molar-refractivity contribution in [3.05, 3.63) is 29.8 Å². The van der Waals surface area contributed by atoms with Gasteiger partial charge < -0.3 is 10.2 Å². The van der Waals surface area contributed by atoms with Gasteiger partial charge >= 0.3 is 0 Å². The molecule has 2 nitrogen and oxygen atoms in total. The number of hydrogen-bond donors (Lipinski definition) is 1. The third-order valence-electron chi connectivity index (χ3n) is 4.16. The minimum absolute atomic E-state index is 0.724. The monoisotopic (exact) mass is 246 g/mol. The van der Waals surface area contributed by atoms with Gasteiger partial charge in [0.2, 0.25) is 0 Å². The van der Waals surface area contributed by atoms with Crippen molar-refractivity contribution >= 4 is 5.69 Å². The Morgan fingerprint density at radius 2 is 2.06 bits per heavy atom. The lowest BCUT2D eigenvalue weighted by Crippen LogP contribution is -2.38. The van der Waals surface area contributed by atoms with Gasteiger partial charge in [0.25, 0.3) is 0 Å². The first-order valence-corrected chi connectivity index (χ1v) is 7.22. The number of rotatable bonds is 5. The summed E-state index contributed by atoms with van der Waals surface area (Å²) < 4.78 is 0. The van der Waals surface area contributed by atoms with E-state index in [1.54, 1.807) is 0 Å². The van der Waals surface area contributed by atoms with Crippen molar-refractivity contribution in [2.75, 3.05) is 25.0 Å². The largest absolute Gasteiger partial charge is 0.374 e. The van der Waals surface area contributed by atoms with E-state index in [9.17, 15) is 0 Å². The molecule has 1 N–H and O–H groups in total. The standard InChI is InChI=1S/C16H26N2/c1-4-17-15-10-7-9-14(15)12-18(3)16-11-6-5-8-13(16)2/h5-6,8,11,14-15,17H,4,7,9-10,12H2,1-3H3. The highest BCUT2D eigenvalue weighted by Crippen LogP contribution is 2.28. The third-order valence-corrected chi connectivity index (χ3v) is 4.16. The molecular weight excluding hydrogens is 220 g/mol. The average molecular weight is 246 g/mol. The molecule has 0 saturated heterocycles. The van der Waals surface area contributed by atoms with Crippen LogP contribution in [0.4, 0.5) is 5.69 Å². The molecule has 0 bridgehead atoms. The van der Waals surface area contributed by atoms with E-state index in [2.05, 4.69) is 55.4 Å². The van der Waals surface area contributed by atoms with Crippen LogP contribution >= 0.6 is 0 Å². The first-order chi connectivity index (χ1) is 8.72. The minimum Gasteiger partial charge on any atom is -0.374 e. The fourth-order valence-electron chi connectivity index (χ4n) is 3.23. The van der Waals surface area contributed by atoms with Crippen LogP contribution in [0.2, 0.25) is 0 Å². The maximum atomic E-state index is 3.64. The molecule has 2 rings (SSSR count). The third kappa shape index (κ3) is 3.05. The van der Waals surface area contributed by atoms with Crippen LogP contribution in [0.25, 0.3) is 0 Å². The summed E-state index contributed by atoms with van der Waals surface area (Å²) in [4.78, 5) is 2.43. The Bertz CT molecular complexity index is 375. The molecule has 2 unspecified atom stereocenters. The summed E-state index contributed by atoms with van der Waals surface area (Å²) in [6, 6.07) is 9.40. The van der Waals surface area contributed by atoms with E-state index in [4.69, 9.17) is 0 Å². The van der Waals surface area contributed by atoms with Crippen molar-refractivity contribution in [2.45, 2.75) is 39.2 Å². The van der Waals surface area contributed by atoms with E-state index in [0.29, 0.717) is 0 Å². The Morgan fingerprint density at radius 1 is 1.28 bits per heavy atom. The first kappa shape index (κ1) is 13.4. The van der Waals surface area contributed by atoms with E-state index in [1.165, 1.54) is 37.1 Å². The summed E-state index contributed by atoms with van der Waals surface area (Å²) in [5.41, 5.74) is 2.75. The summed E-state index contributed by atoms with van der Waals surface area (Å²) in [5, 5.41) is 3.64. The summed E-state index contributed by atoms with van der Waals surface area (Å²) in [5.74, 6) is 0.801. The summed E-state index contributed by atoms with van der Waals surface area (Å²) in [7, 11) is 2.23. The molecular formula is C16H26N2. The Labute approximate surface area is 111 Å². The molecule has 0 aromatic heterocycles. The molecule has 1 aromatic rings. The van der Waals surface area contributed by atoms with Gasteiger partial charge in [-0.2, -0.15) is 0 Å². The number of nitrogens with zero attached hydrogens (tertiary/aromatic N) is 1. The highest BCUT2D eigenvalue weighted by Gasteiger charge is 2.27. The summed E-state index contributed by atoms with van der Waals surface area (Å²) in [6.07, 6.45) is 4.10. The van der Waals surface area contributed by atoms with E-state index in [1.807, 2.05) is 0 Å². The van der Waals surface area contributed by atoms with Crippen molar-refractivity contribution in [3.63, 3.8) is 0 Å². The van der Waals surface area contributed by atoms with Crippen molar-refractivity contribution in [3.8, 4) is 0 Å². The smallest absolute Gasteiger partial charge is 0.0393 e. The SMILES string of the molecule is CCNC1CCCC1CN(C)c1ccccc1C. The molecule has 1 saturated carbocycles. The van der Waals surface area contributed by atoms with Gasteiger partial charge in [-0.15, -0.1) is 0 Å². The van der Waals surface area contributed by atoms with Crippen LogP contribution in [0.5, 0.6) is 0 Å². The van der Waals surface area contributed by atoms with Gasteiger partial charge in [-0.05, 0) is 43.9 Å². The van der Waals surface area contributed by atoms with Gasteiger partial charge in [0.05, 0.1) is 0 Å². The molecule has 0 spiro atoms. The molecule has 100 valence electrons. The van der Waals surface area contributed by atoms with Gasteiger partial charge in [0.15, 0.2) is 0 Å². The maximum Gasteiger partial charge on any atom is 0.0393 e. The summed E-state index contributed by atoms with van der Waals surface area (Å²) in [6.45, 7) is 6.67. The Morgan fingerprint density at radius 3 is 2.78 bits per heavy atom. The molecule has 18 heavy (non-hydrogen) atoms. The molecule has 1 aliphatic rings. The van der Waals surface area contributed by atoms with Crippen molar-refractivity contribution < 1.29 is 0 Å². The molecule has 0 heterocycles. The highest BCUT2D eigenvalue weighted by atomic mass is 15.1. The average Bonchev–Trinajstić information content (AvgIpc) is 2.78. The maximum absolute atomic E-state index is 3.64. The molecule has 2 heteroatoms. The molecule has 1 aromatic carbocycles. The molecule has 0 radical (unpaired) electrons. The first-order valence-electron chi connectivity index (χ1n) is 7.22. The number of nitrogens with one attached hydrogen (secondary N) is 1. The van der Waals surface area contributed by atoms with Crippen LogP contribution in [0.15, 0.2) is 24.3 Å². The zero-order valence-corrected chi connectivity index (χ0v) is 11.9. The number of para-hydroxylation sites is 1. The Hall–Kier alpha value is -1.02. The van der Waals surface area contributed by atoms with Crippen LogP contribution in [0.1, 0.15) is 31.7 Å². The minimum atomic E-state index is 0.724. The molecule has 1 aliphatic carbocycles. The van der Waals surface area contributed by atoms with Gasteiger partial charge in [-0.1, -0.05) is 31.5 Å². The second kappa shape index (κ2) is 6.24. The zero-order chi connectivity index (χ0) is 13.0. The fraction of sp³-hybridized carbons (Fsp3) is 0.625. The van der Waals surface area contributed by atoms with Crippen LogP contribution < -0.4 is 10.2 Å². The van der Waals surface area contributed by atoms with E-state index >= 15 is 0 Å². The Balaban J connectivity index is 1.98. The van der Waals surface area contributed by atoms with Crippen LogP contribution in [0.3, 0.4) is 0 Å². The van der Waals surface area contributed by atoms with Crippen molar-refractivity contribution in [1.29, 1.82) is 0 Å². The quantitative estimate of drug-likeness (QED) is 0.858. The second-order valence-corrected chi connectivity index (χ2v) is 5.52. The predicted molar refractivity (Wildman–Crippen MR) is 79.3 cm³/mol. The van der Waals surface area contributed by atoms with Crippen molar-refractivity contribution in [1.82, 2.24) is 5.32 Å². The normalized spacial score (nSPS) is 23.3. The number of benzene rings is 1. The van der Waals surface area contributed by atoms with E-state index < -0.39 is 0 Å². The van der Waals surface area contributed by atoms with E-state index in [-0.39, 0.29) is 0 Å². The highest BCUT2D eigenvalue weighted by molar-refractivity contribution is 5.52. The van der Waals surface area contributed by atoms with Crippen molar-refractivity contribution in [2.24, 2.45) is 5.92 Å². The molecule has 0 amide bonds. The molecule has 0 aliphatic heterocycles. The lowest BCUT2D eigenvalue weighted by molar-refractivity contribution is 0.411. The molecule has 1 fully saturated rings. The number of aryl methyl sites for hydroxylation is 1. The lowest BCUT2D eigenvalue weighted by atomic mass is 10.0. The fourth-order valence-corrected chi connectivity index (χ4v) is 3.23. The van der Waals surface area contributed by atoms with Crippen LogP contribution in [0, 0.1) is 12.8 Å². The Kier molecular flexibility index (Phi) is 4.65. The van der Waals surface area contributed by atoms with Gasteiger partial charge in [0.1, 0.15) is 0 Å². The topological polar surface area (TPSA) is 15.3 Å². The lowest BCUT2D eigenvalue weighted by Gasteiger charge is -2.28. The number of anilines is 1. The predicted octanol–water partition coefficient (Wildman–Crippen LogP) is 3.21. The zero-order valence-electron chi connectivity index (χ0n) is 11.9. The van der Waals surface area contributed by atoms with Gasteiger partial charge in [-0.25, -0.2) is 0 Å².